The van der Waals surface area contributed by atoms with Crippen LogP contribution in [0.2, 0.25) is 0 Å². The SMILES string of the molecule is CCCCCCCCCCCCCCCCC(N=C(N)N(C)C)C(=O)O. The maximum atomic E-state index is 11.2. The Hall–Kier alpha value is -1.26. The van der Waals surface area contributed by atoms with Crippen molar-refractivity contribution in [3.8, 4) is 0 Å². The number of hydrogen-bond acceptors (Lipinski definition) is 2. The monoisotopic (exact) mass is 369 g/mol. The van der Waals surface area contributed by atoms with Gasteiger partial charge in [0.2, 0.25) is 0 Å². The van der Waals surface area contributed by atoms with E-state index in [1.165, 1.54) is 77.0 Å². The van der Waals surface area contributed by atoms with E-state index in [0.717, 1.165) is 12.8 Å². The van der Waals surface area contributed by atoms with Gasteiger partial charge in [0.1, 0.15) is 0 Å². The van der Waals surface area contributed by atoms with Gasteiger partial charge in [0.15, 0.2) is 12.0 Å². The predicted octanol–water partition coefficient (Wildman–Crippen LogP) is 5.19. The second-order valence-corrected chi connectivity index (χ2v) is 7.62. The average molecular weight is 370 g/mol. The van der Waals surface area contributed by atoms with E-state index < -0.39 is 12.0 Å². The number of guanidine groups is 1. The second kappa shape index (κ2) is 17.2. The van der Waals surface area contributed by atoms with Gasteiger partial charge < -0.3 is 15.7 Å². The fourth-order valence-corrected chi connectivity index (χ4v) is 3.05. The van der Waals surface area contributed by atoms with Crippen molar-refractivity contribution in [1.29, 1.82) is 0 Å². The molecule has 3 N–H and O–H groups in total. The molecule has 0 aromatic rings. The highest BCUT2D eigenvalue weighted by atomic mass is 16.4. The quantitative estimate of drug-likeness (QED) is 0.210. The van der Waals surface area contributed by atoms with E-state index in [4.69, 9.17) is 5.73 Å². The fraction of sp³-hybridized carbons (Fsp3) is 0.905. The summed E-state index contributed by atoms with van der Waals surface area (Å²) in [5.41, 5.74) is 5.72. The third-order valence-corrected chi connectivity index (χ3v) is 4.86. The number of rotatable bonds is 17. The van der Waals surface area contributed by atoms with Gasteiger partial charge in [-0.2, -0.15) is 0 Å². The molecule has 0 aliphatic heterocycles. The van der Waals surface area contributed by atoms with E-state index in [1.807, 2.05) is 0 Å². The highest BCUT2D eigenvalue weighted by Gasteiger charge is 2.16. The van der Waals surface area contributed by atoms with Crippen molar-refractivity contribution >= 4 is 11.9 Å². The number of unbranched alkanes of at least 4 members (excludes halogenated alkanes) is 13. The van der Waals surface area contributed by atoms with Crippen molar-refractivity contribution in [3.63, 3.8) is 0 Å². The number of nitrogens with two attached hydrogens (primary N) is 1. The summed E-state index contributed by atoms with van der Waals surface area (Å²) >= 11 is 0. The number of aliphatic carboxylic acids is 1. The van der Waals surface area contributed by atoms with Crippen LogP contribution in [0.3, 0.4) is 0 Å². The molecule has 0 aromatic carbocycles. The first-order valence-electron chi connectivity index (χ1n) is 10.7. The molecule has 0 saturated heterocycles. The third-order valence-electron chi connectivity index (χ3n) is 4.86. The lowest BCUT2D eigenvalue weighted by molar-refractivity contribution is -0.138. The average Bonchev–Trinajstić information content (AvgIpc) is 2.60. The van der Waals surface area contributed by atoms with Crippen LogP contribution in [-0.4, -0.2) is 42.1 Å². The first-order valence-corrected chi connectivity index (χ1v) is 10.7. The summed E-state index contributed by atoms with van der Waals surface area (Å²) in [6.07, 6.45) is 18.8. The predicted molar refractivity (Wildman–Crippen MR) is 112 cm³/mol. The van der Waals surface area contributed by atoms with E-state index in [2.05, 4.69) is 11.9 Å². The summed E-state index contributed by atoms with van der Waals surface area (Å²) in [4.78, 5) is 17.0. The van der Waals surface area contributed by atoms with Gasteiger partial charge in [-0.3, -0.25) is 0 Å². The molecule has 0 fully saturated rings. The van der Waals surface area contributed by atoms with Crippen LogP contribution in [0.1, 0.15) is 103 Å². The van der Waals surface area contributed by atoms with Crippen molar-refractivity contribution in [3.05, 3.63) is 0 Å². The first kappa shape index (κ1) is 24.7. The van der Waals surface area contributed by atoms with Crippen LogP contribution in [0.25, 0.3) is 0 Å². The van der Waals surface area contributed by atoms with Crippen molar-refractivity contribution in [2.24, 2.45) is 10.7 Å². The molecule has 5 heteroatoms. The molecule has 0 bridgehead atoms. The minimum atomic E-state index is -0.885. The fourth-order valence-electron chi connectivity index (χ4n) is 3.05. The van der Waals surface area contributed by atoms with Crippen LogP contribution >= 0.6 is 0 Å². The summed E-state index contributed by atoms with van der Waals surface area (Å²) < 4.78 is 0. The summed E-state index contributed by atoms with van der Waals surface area (Å²) in [5, 5.41) is 9.23. The van der Waals surface area contributed by atoms with Crippen molar-refractivity contribution in [1.82, 2.24) is 4.90 Å². The van der Waals surface area contributed by atoms with Gasteiger partial charge in [-0.15, -0.1) is 0 Å². The molecule has 1 unspecified atom stereocenters. The Bertz CT molecular complexity index is 370. The molecule has 5 nitrogen and oxygen atoms in total. The molecule has 0 aliphatic rings. The molecule has 0 rings (SSSR count). The first-order chi connectivity index (χ1) is 12.5. The van der Waals surface area contributed by atoms with Crippen LogP contribution in [-0.2, 0) is 4.79 Å². The van der Waals surface area contributed by atoms with Gasteiger partial charge in [0.25, 0.3) is 0 Å². The molecule has 0 heterocycles. The highest BCUT2D eigenvalue weighted by Crippen LogP contribution is 2.14. The number of hydrogen-bond donors (Lipinski definition) is 2. The van der Waals surface area contributed by atoms with Crippen molar-refractivity contribution < 1.29 is 9.90 Å². The molecule has 0 spiro atoms. The Morgan fingerprint density at radius 3 is 1.58 bits per heavy atom. The zero-order chi connectivity index (χ0) is 19.6. The summed E-state index contributed by atoms with van der Waals surface area (Å²) in [7, 11) is 3.54. The van der Waals surface area contributed by atoms with Crippen LogP contribution in [0, 0.1) is 0 Å². The van der Waals surface area contributed by atoms with Crippen LogP contribution < -0.4 is 5.73 Å². The lowest BCUT2D eigenvalue weighted by Gasteiger charge is -2.14. The Kier molecular flexibility index (Phi) is 16.3. The summed E-state index contributed by atoms with van der Waals surface area (Å²) in [6, 6.07) is -0.713. The van der Waals surface area contributed by atoms with E-state index in [1.54, 1.807) is 19.0 Å². The van der Waals surface area contributed by atoms with Gasteiger partial charge in [-0.05, 0) is 6.42 Å². The Balaban J connectivity index is 3.51. The minimum absolute atomic E-state index is 0.280. The van der Waals surface area contributed by atoms with E-state index in [9.17, 15) is 9.90 Å². The van der Waals surface area contributed by atoms with Crippen LogP contribution in [0.4, 0.5) is 0 Å². The van der Waals surface area contributed by atoms with Gasteiger partial charge in [0, 0.05) is 14.1 Å². The van der Waals surface area contributed by atoms with Gasteiger partial charge in [-0.25, -0.2) is 9.79 Å². The topological polar surface area (TPSA) is 78.9 Å². The smallest absolute Gasteiger partial charge is 0.328 e. The lowest BCUT2D eigenvalue weighted by Crippen LogP contribution is -2.33. The molecule has 0 aromatic heterocycles. The Morgan fingerprint density at radius 2 is 1.23 bits per heavy atom. The Labute approximate surface area is 161 Å². The van der Waals surface area contributed by atoms with Gasteiger partial charge in [-0.1, -0.05) is 96.8 Å². The molecule has 0 amide bonds. The normalized spacial score (nSPS) is 13.0. The number of nitrogens with zero attached hydrogens (tertiary/aromatic N) is 2. The van der Waals surface area contributed by atoms with E-state index >= 15 is 0 Å². The zero-order valence-electron chi connectivity index (χ0n) is 17.5. The van der Waals surface area contributed by atoms with Crippen molar-refractivity contribution in [2.75, 3.05) is 14.1 Å². The lowest BCUT2D eigenvalue weighted by atomic mass is 10.0. The van der Waals surface area contributed by atoms with Crippen LogP contribution in [0.15, 0.2) is 4.99 Å². The number of aliphatic imine (C=N–C) groups is 1. The second-order valence-electron chi connectivity index (χ2n) is 7.62. The standard InChI is InChI=1S/C21H43N3O2/c1-4-5-6-7-8-9-10-11-12-13-14-15-16-17-18-19(20(25)26)23-21(22)24(2)3/h19H,4-18H2,1-3H3,(H2,22,23)(H,25,26). The molecular weight excluding hydrogens is 326 g/mol. The molecule has 0 saturated carbocycles. The number of carboxylic acid groups (broad SMARTS) is 1. The van der Waals surface area contributed by atoms with E-state index in [0.29, 0.717) is 6.42 Å². The number of carbonyl (C=O) groups is 1. The van der Waals surface area contributed by atoms with Crippen LogP contribution in [0.5, 0.6) is 0 Å². The zero-order valence-corrected chi connectivity index (χ0v) is 17.5. The molecular formula is C21H43N3O2. The molecule has 0 radical (unpaired) electrons. The summed E-state index contributed by atoms with van der Waals surface area (Å²) in [5.74, 6) is -0.604. The van der Waals surface area contributed by atoms with E-state index in [-0.39, 0.29) is 5.96 Å². The number of carboxylic acids is 1. The third kappa shape index (κ3) is 15.0. The van der Waals surface area contributed by atoms with Gasteiger partial charge >= 0.3 is 5.97 Å². The maximum absolute atomic E-state index is 11.2. The maximum Gasteiger partial charge on any atom is 0.328 e. The molecule has 0 aliphatic carbocycles. The summed E-state index contributed by atoms with van der Waals surface area (Å²) in [6.45, 7) is 2.26. The van der Waals surface area contributed by atoms with Crippen molar-refractivity contribution in [2.45, 2.75) is 109 Å². The largest absolute Gasteiger partial charge is 0.480 e. The van der Waals surface area contributed by atoms with Gasteiger partial charge in [0.05, 0.1) is 0 Å². The Morgan fingerprint density at radius 1 is 0.846 bits per heavy atom. The molecule has 26 heavy (non-hydrogen) atoms. The minimum Gasteiger partial charge on any atom is -0.480 e. The molecule has 1 atom stereocenters. The highest BCUT2D eigenvalue weighted by molar-refractivity contribution is 5.82. The molecule has 154 valence electrons.